The van der Waals surface area contributed by atoms with Crippen molar-refractivity contribution in [3.63, 3.8) is 0 Å². The summed E-state index contributed by atoms with van der Waals surface area (Å²) in [6, 6.07) is 7.79. The fraction of sp³-hybridized carbons (Fsp3) is 0.292. The Hall–Kier alpha value is -2.69. The van der Waals surface area contributed by atoms with Gasteiger partial charge in [0.2, 0.25) is 5.91 Å². The Morgan fingerprint density at radius 1 is 1.22 bits per heavy atom. The smallest absolute Gasteiger partial charge is 0.247 e. The van der Waals surface area contributed by atoms with Crippen LogP contribution in [-0.4, -0.2) is 60.2 Å². The molecule has 0 saturated carbocycles. The summed E-state index contributed by atoms with van der Waals surface area (Å²) >= 11 is 5.90. The number of ether oxygens (including phenoxy) is 2. The molecular weight excluding hydrogens is 532 g/mol. The minimum Gasteiger partial charge on any atom is -1.00 e. The molecule has 2 heterocycles. The van der Waals surface area contributed by atoms with Crippen LogP contribution in [0.3, 0.4) is 0 Å². The molecule has 194 valence electrons. The summed E-state index contributed by atoms with van der Waals surface area (Å²) in [5, 5.41) is 6.55. The van der Waals surface area contributed by atoms with Gasteiger partial charge in [0.25, 0.3) is 0 Å². The average Bonchev–Trinajstić information content (AvgIpc) is 2.85. The van der Waals surface area contributed by atoms with Crippen LogP contribution in [0, 0.1) is 5.82 Å². The lowest BCUT2D eigenvalue weighted by atomic mass is 10.1. The second kappa shape index (κ2) is 14.2. The van der Waals surface area contributed by atoms with Crippen LogP contribution in [0.1, 0.15) is 6.42 Å². The quantitative estimate of drug-likeness (QED) is 0.243. The van der Waals surface area contributed by atoms with Crippen molar-refractivity contribution in [1.82, 2.24) is 14.9 Å². The highest BCUT2D eigenvalue weighted by Crippen LogP contribution is 2.34. The summed E-state index contributed by atoms with van der Waals surface area (Å²) in [6.45, 7) is 8.24. The Labute approximate surface area is 226 Å². The molecule has 1 amide bonds. The van der Waals surface area contributed by atoms with E-state index in [1.165, 1.54) is 24.5 Å². The molecule has 2 N–H and O–H groups in total. The monoisotopic (exact) mass is 555 g/mol. The van der Waals surface area contributed by atoms with Crippen LogP contribution in [0.15, 0.2) is 49.3 Å². The van der Waals surface area contributed by atoms with Gasteiger partial charge in [-0.3, -0.25) is 9.69 Å². The molecule has 1 fully saturated rings. The van der Waals surface area contributed by atoms with Crippen molar-refractivity contribution in [1.29, 1.82) is 0 Å². The highest BCUT2D eigenvalue weighted by Gasteiger charge is 2.14. The maximum absolute atomic E-state index is 13.5. The van der Waals surface area contributed by atoms with E-state index >= 15 is 0 Å². The molecule has 3 aromatic rings. The maximum atomic E-state index is 13.5. The number of hydrogen-bond donors (Lipinski definition) is 2. The normalized spacial score (nSPS) is 13.3. The molecule has 2 aromatic carbocycles. The lowest BCUT2D eigenvalue weighted by Crippen LogP contribution is -3.00. The number of fused-ring (bicyclic) bond motifs is 1. The lowest BCUT2D eigenvalue weighted by Gasteiger charge is -2.26. The zero-order valence-electron chi connectivity index (χ0n) is 19.3. The van der Waals surface area contributed by atoms with Crippen LogP contribution < -0.4 is 40.2 Å². The fourth-order valence-electron chi connectivity index (χ4n) is 3.59. The minimum atomic E-state index is -0.510. The molecule has 36 heavy (non-hydrogen) atoms. The standard InChI is InChI=1S/C24H25ClFN5O3.2ClH/c1-2-23(32)30-21-13-17-20(14-22(21)34-9-3-6-31-7-10-33-11-8-31)27-15-28-24(17)29-16-4-5-19(26)18(25)12-16;;/h2,4-5,12-15H,1,3,6-11H2,(H,30,32)(H,27,28,29);2*1H/p-2. The van der Waals surface area contributed by atoms with E-state index in [0.29, 0.717) is 40.5 Å². The highest BCUT2D eigenvalue weighted by molar-refractivity contribution is 6.31. The Morgan fingerprint density at radius 2 is 2.00 bits per heavy atom. The summed E-state index contributed by atoms with van der Waals surface area (Å²) in [5.74, 6) is 0.0959. The largest absolute Gasteiger partial charge is 1.00 e. The first-order valence-corrected chi connectivity index (χ1v) is 11.3. The van der Waals surface area contributed by atoms with Crippen molar-refractivity contribution in [2.75, 3.05) is 50.1 Å². The van der Waals surface area contributed by atoms with Crippen LogP contribution in [0.2, 0.25) is 5.02 Å². The molecule has 0 atom stereocenters. The van der Waals surface area contributed by atoms with E-state index in [1.54, 1.807) is 18.2 Å². The van der Waals surface area contributed by atoms with Crippen LogP contribution >= 0.6 is 11.6 Å². The topological polar surface area (TPSA) is 88.6 Å². The average molecular weight is 557 g/mol. The SMILES string of the molecule is C=CC(=O)Nc1cc2c(Nc3ccc(F)c(Cl)c3)ncnc2cc1OCCCN1CCOCC1.[Cl-].[Cl-]. The van der Waals surface area contributed by atoms with E-state index in [-0.39, 0.29) is 35.7 Å². The van der Waals surface area contributed by atoms with Crippen molar-refractivity contribution >= 4 is 45.6 Å². The molecule has 1 aliphatic rings. The predicted molar refractivity (Wildman–Crippen MR) is 130 cm³/mol. The number of halogens is 4. The van der Waals surface area contributed by atoms with E-state index < -0.39 is 5.82 Å². The number of hydrogen-bond acceptors (Lipinski definition) is 7. The van der Waals surface area contributed by atoms with Crippen molar-refractivity contribution in [3.8, 4) is 5.75 Å². The Balaban J connectivity index is 0.00000228. The Bertz CT molecular complexity index is 1200. The molecule has 0 radical (unpaired) electrons. The number of nitrogens with zero attached hydrogens (tertiary/aromatic N) is 3. The number of carbonyl (C=O) groups is 1. The van der Waals surface area contributed by atoms with Crippen molar-refractivity contribution in [3.05, 3.63) is 60.2 Å². The van der Waals surface area contributed by atoms with Crippen molar-refractivity contribution in [2.45, 2.75) is 6.42 Å². The molecular formula is C24H25Cl3FN5O3-2. The van der Waals surface area contributed by atoms with Gasteiger partial charge in [-0.15, -0.1) is 0 Å². The maximum Gasteiger partial charge on any atom is 0.247 e. The number of anilines is 3. The van der Waals surface area contributed by atoms with E-state index in [2.05, 4.69) is 32.1 Å². The van der Waals surface area contributed by atoms with Gasteiger partial charge in [0.1, 0.15) is 23.7 Å². The Kier molecular flexibility index (Phi) is 11.6. The van der Waals surface area contributed by atoms with Crippen LogP contribution in [-0.2, 0) is 9.53 Å². The third-order valence-corrected chi connectivity index (χ3v) is 5.63. The fourth-order valence-corrected chi connectivity index (χ4v) is 3.77. The third kappa shape index (κ3) is 7.65. The number of carbonyl (C=O) groups excluding carboxylic acids is 1. The lowest BCUT2D eigenvalue weighted by molar-refractivity contribution is -0.111. The van der Waals surface area contributed by atoms with Gasteiger partial charge in [0.15, 0.2) is 0 Å². The molecule has 1 aliphatic heterocycles. The zero-order valence-corrected chi connectivity index (χ0v) is 21.5. The zero-order chi connectivity index (χ0) is 23.9. The highest BCUT2D eigenvalue weighted by atomic mass is 35.5. The summed E-state index contributed by atoms with van der Waals surface area (Å²) in [4.78, 5) is 23.0. The van der Waals surface area contributed by atoms with Crippen LogP contribution in [0.5, 0.6) is 5.75 Å². The molecule has 4 rings (SSSR count). The molecule has 12 heteroatoms. The molecule has 0 spiro atoms. The first kappa shape index (κ1) is 29.5. The van der Waals surface area contributed by atoms with E-state index in [9.17, 15) is 9.18 Å². The molecule has 8 nitrogen and oxygen atoms in total. The van der Waals surface area contributed by atoms with Gasteiger partial charge in [0.05, 0.1) is 36.0 Å². The summed E-state index contributed by atoms with van der Waals surface area (Å²) < 4.78 is 24.9. The summed E-state index contributed by atoms with van der Waals surface area (Å²) in [6.07, 6.45) is 3.43. The van der Waals surface area contributed by atoms with Gasteiger partial charge in [-0.1, -0.05) is 18.2 Å². The van der Waals surface area contributed by atoms with E-state index in [1.807, 2.05) is 0 Å². The molecule has 0 unspecified atom stereocenters. The molecule has 1 aromatic heterocycles. The number of benzene rings is 2. The van der Waals surface area contributed by atoms with Gasteiger partial charge in [-0.2, -0.15) is 0 Å². The van der Waals surface area contributed by atoms with Crippen molar-refractivity contribution in [2.24, 2.45) is 0 Å². The van der Waals surface area contributed by atoms with Gasteiger partial charge in [-0.25, -0.2) is 14.4 Å². The van der Waals surface area contributed by atoms with E-state index in [0.717, 1.165) is 39.3 Å². The second-order valence-corrected chi connectivity index (χ2v) is 8.10. The van der Waals surface area contributed by atoms with Gasteiger partial charge in [-0.05, 0) is 36.8 Å². The predicted octanol–water partition coefficient (Wildman–Crippen LogP) is -1.60. The molecule has 0 aliphatic carbocycles. The van der Waals surface area contributed by atoms with Gasteiger partial charge < -0.3 is 44.9 Å². The molecule has 1 saturated heterocycles. The number of morpholine rings is 1. The van der Waals surface area contributed by atoms with E-state index in [4.69, 9.17) is 21.1 Å². The second-order valence-electron chi connectivity index (χ2n) is 7.69. The Morgan fingerprint density at radius 3 is 2.72 bits per heavy atom. The molecule has 0 bridgehead atoms. The van der Waals surface area contributed by atoms with Gasteiger partial charge >= 0.3 is 0 Å². The third-order valence-electron chi connectivity index (χ3n) is 5.34. The number of amides is 1. The first-order chi connectivity index (χ1) is 16.5. The minimum absolute atomic E-state index is 0. The van der Waals surface area contributed by atoms with Crippen LogP contribution in [0.25, 0.3) is 10.9 Å². The summed E-state index contributed by atoms with van der Waals surface area (Å²) in [7, 11) is 0. The van der Waals surface area contributed by atoms with Crippen molar-refractivity contribution < 1.29 is 43.5 Å². The first-order valence-electron chi connectivity index (χ1n) is 10.9. The number of aromatic nitrogens is 2. The number of nitrogens with one attached hydrogen (secondary N) is 2. The van der Waals surface area contributed by atoms with Crippen LogP contribution in [0.4, 0.5) is 21.6 Å². The van der Waals surface area contributed by atoms with Gasteiger partial charge in [0, 0.05) is 36.8 Å². The summed E-state index contributed by atoms with van der Waals surface area (Å²) in [5.41, 5.74) is 1.65. The number of rotatable bonds is 9.